The normalized spacial score (nSPS) is 18.8. The first-order valence-corrected chi connectivity index (χ1v) is 7.14. The molecule has 17 heavy (non-hydrogen) atoms. The van der Waals surface area contributed by atoms with Crippen LogP contribution in [0.25, 0.3) is 0 Å². The van der Waals surface area contributed by atoms with Gasteiger partial charge < -0.3 is 9.64 Å². The molecule has 6 heteroatoms. The lowest BCUT2D eigenvalue weighted by Crippen LogP contribution is -2.34. The number of likely N-dealkylation sites (tertiary alicyclic amines) is 1. The fourth-order valence-electron chi connectivity index (χ4n) is 1.73. The van der Waals surface area contributed by atoms with Crippen molar-refractivity contribution in [1.29, 1.82) is 0 Å². The molecule has 1 rings (SSSR count). The maximum absolute atomic E-state index is 11.8. The lowest BCUT2D eigenvalue weighted by Gasteiger charge is -2.16. The number of hydrogen-bond donors (Lipinski definition) is 0. The molecule has 2 atom stereocenters. The number of nitrogens with zero attached hydrogens (tertiary/aromatic N) is 1. The molecular weight excluding hydrogens is 242 g/mol. The molecule has 1 amide bonds. The second kappa shape index (κ2) is 6.74. The van der Waals surface area contributed by atoms with E-state index < -0.39 is 10.8 Å². The molecule has 1 heterocycles. The van der Waals surface area contributed by atoms with E-state index in [4.69, 9.17) is 0 Å². The highest BCUT2D eigenvalue weighted by Crippen LogP contribution is 2.10. The largest absolute Gasteiger partial charge is 0.469 e. The number of ether oxygens (including phenoxy) is 1. The molecular formula is C11H19NO4S. The van der Waals surface area contributed by atoms with Crippen molar-refractivity contribution in [3.8, 4) is 0 Å². The zero-order valence-electron chi connectivity index (χ0n) is 10.3. The molecule has 98 valence electrons. The van der Waals surface area contributed by atoms with E-state index in [2.05, 4.69) is 4.74 Å². The third-order valence-corrected chi connectivity index (χ3v) is 4.45. The minimum Gasteiger partial charge on any atom is -0.469 e. The van der Waals surface area contributed by atoms with E-state index in [-0.39, 0.29) is 29.3 Å². The Balaban J connectivity index is 2.37. The summed E-state index contributed by atoms with van der Waals surface area (Å²) in [4.78, 5) is 24.5. The van der Waals surface area contributed by atoms with Crippen LogP contribution < -0.4 is 0 Å². The second-order valence-electron chi connectivity index (χ2n) is 4.20. The van der Waals surface area contributed by atoms with Crippen LogP contribution in [0.2, 0.25) is 0 Å². The van der Waals surface area contributed by atoms with Crippen molar-refractivity contribution in [3.63, 3.8) is 0 Å². The van der Waals surface area contributed by atoms with Crippen molar-refractivity contribution in [2.45, 2.75) is 31.4 Å². The zero-order valence-corrected chi connectivity index (χ0v) is 11.1. The van der Waals surface area contributed by atoms with Gasteiger partial charge in [-0.15, -0.1) is 0 Å². The number of carbonyl (C=O) groups is 2. The summed E-state index contributed by atoms with van der Waals surface area (Å²) in [7, 11) is -0.00613. The average molecular weight is 261 g/mol. The van der Waals surface area contributed by atoms with Crippen molar-refractivity contribution in [2.24, 2.45) is 0 Å². The minimum absolute atomic E-state index is 0.0121. The number of carbonyl (C=O) groups excluding carboxylic acids is 2. The standard InChI is InChI=1S/C11H19NO4S/c1-9(7-11(14)16-2)17(15)8-10(13)12-5-3-4-6-12/h9H,3-8H2,1-2H3. The Bertz CT molecular complexity index is 313. The predicted octanol–water partition coefficient (Wildman–Crippen LogP) is 0.309. The summed E-state index contributed by atoms with van der Waals surface area (Å²) in [5, 5.41) is -0.339. The molecule has 2 unspecified atom stereocenters. The first-order valence-electron chi connectivity index (χ1n) is 5.76. The average Bonchev–Trinajstić information content (AvgIpc) is 2.82. The Kier molecular flexibility index (Phi) is 5.61. The molecule has 0 aromatic rings. The molecule has 0 radical (unpaired) electrons. The van der Waals surface area contributed by atoms with E-state index in [0.29, 0.717) is 0 Å². The monoisotopic (exact) mass is 261 g/mol. The van der Waals surface area contributed by atoms with Gasteiger partial charge in [0, 0.05) is 29.1 Å². The van der Waals surface area contributed by atoms with Gasteiger partial charge in [-0.05, 0) is 12.8 Å². The lowest BCUT2D eigenvalue weighted by molar-refractivity contribution is -0.140. The third-order valence-electron chi connectivity index (χ3n) is 2.86. The Morgan fingerprint density at radius 2 is 1.94 bits per heavy atom. The van der Waals surface area contributed by atoms with Crippen molar-refractivity contribution < 1.29 is 18.5 Å². The van der Waals surface area contributed by atoms with Gasteiger partial charge in [-0.25, -0.2) is 0 Å². The summed E-state index contributed by atoms with van der Waals surface area (Å²) in [5.74, 6) is -0.449. The molecule has 0 aromatic carbocycles. The fourth-order valence-corrected chi connectivity index (χ4v) is 2.77. The molecule has 0 N–H and O–H groups in total. The van der Waals surface area contributed by atoms with Gasteiger partial charge >= 0.3 is 5.97 Å². The number of esters is 1. The van der Waals surface area contributed by atoms with E-state index in [0.717, 1.165) is 25.9 Å². The number of methoxy groups -OCH3 is 1. The molecule has 0 aliphatic carbocycles. The minimum atomic E-state index is -1.31. The Morgan fingerprint density at radius 1 is 1.35 bits per heavy atom. The van der Waals surface area contributed by atoms with E-state index in [1.165, 1.54) is 7.11 Å². The molecule has 1 fully saturated rings. The van der Waals surface area contributed by atoms with Crippen molar-refractivity contribution in [3.05, 3.63) is 0 Å². The van der Waals surface area contributed by atoms with Gasteiger partial charge in [0.1, 0.15) is 5.75 Å². The van der Waals surface area contributed by atoms with Crippen LogP contribution in [0, 0.1) is 0 Å². The van der Waals surface area contributed by atoms with Gasteiger partial charge in [-0.1, -0.05) is 6.92 Å². The van der Waals surface area contributed by atoms with Gasteiger partial charge in [0.25, 0.3) is 0 Å². The van der Waals surface area contributed by atoms with Crippen LogP contribution in [-0.4, -0.2) is 52.2 Å². The van der Waals surface area contributed by atoms with Gasteiger partial charge in [0.2, 0.25) is 5.91 Å². The number of hydrogen-bond acceptors (Lipinski definition) is 4. The maximum Gasteiger partial charge on any atom is 0.306 e. The van der Waals surface area contributed by atoms with E-state index in [1.54, 1.807) is 11.8 Å². The third kappa shape index (κ3) is 4.46. The summed E-state index contributed by atoms with van der Waals surface area (Å²) in [6.45, 7) is 3.23. The highest BCUT2D eigenvalue weighted by molar-refractivity contribution is 7.86. The molecule has 0 aromatic heterocycles. The van der Waals surface area contributed by atoms with Gasteiger partial charge in [0.05, 0.1) is 13.5 Å². The van der Waals surface area contributed by atoms with Crippen LogP contribution >= 0.6 is 0 Å². The van der Waals surface area contributed by atoms with Crippen LogP contribution in [0.5, 0.6) is 0 Å². The molecule has 0 spiro atoms. The van der Waals surface area contributed by atoms with Gasteiger partial charge in [-0.2, -0.15) is 0 Å². The summed E-state index contributed by atoms with van der Waals surface area (Å²) in [6, 6.07) is 0. The quantitative estimate of drug-likeness (QED) is 0.668. The van der Waals surface area contributed by atoms with Crippen molar-refractivity contribution in [1.82, 2.24) is 4.90 Å². The van der Waals surface area contributed by atoms with E-state index in [1.807, 2.05) is 0 Å². The van der Waals surface area contributed by atoms with Crippen LogP contribution in [0.3, 0.4) is 0 Å². The first kappa shape index (κ1) is 14.2. The summed E-state index contributed by atoms with van der Waals surface area (Å²) >= 11 is 0. The van der Waals surface area contributed by atoms with Gasteiger partial charge in [0.15, 0.2) is 0 Å². The predicted molar refractivity (Wildman–Crippen MR) is 64.9 cm³/mol. The second-order valence-corrected chi connectivity index (χ2v) is 6.06. The number of amides is 1. The Morgan fingerprint density at radius 3 is 2.47 bits per heavy atom. The molecule has 0 saturated carbocycles. The lowest BCUT2D eigenvalue weighted by atomic mass is 10.3. The molecule has 5 nitrogen and oxygen atoms in total. The Hall–Kier alpha value is -0.910. The number of rotatable bonds is 5. The molecule has 0 bridgehead atoms. The summed E-state index contributed by atoms with van der Waals surface area (Å²) < 4.78 is 16.3. The SMILES string of the molecule is COC(=O)CC(C)S(=O)CC(=O)N1CCCC1. The Labute approximate surface area is 104 Å². The van der Waals surface area contributed by atoms with Crippen molar-refractivity contribution in [2.75, 3.05) is 26.0 Å². The fraction of sp³-hybridized carbons (Fsp3) is 0.818. The highest BCUT2D eigenvalue weighted by Gasteiger charge is 2.23. The van der Waals surface area contributed by atoms with Crippen LogP contribution in [-0.2, 0) is 25.1 Å². The topological polar surface area (TPSA) is 63.7 Å². The molecule has 1 saturated heterocycles. The van der Waals surface area contributed by atoms with Crippen LogP contribution in [0.15, 0.2) is 0 Å². The van der Waals surface area contributed by atoms with E-state index >= 15 is 0 Å². The van der Waals surface area contributed by atoms with E-state index in [9.17, 15) is 13.8 Å². The summed E-state index contributed by atoms with van der Waals surface area (Å²) in [5.41, 5.74) is 0. The first-order chi connectivity index (χ1) is 8.04. The summed E-state index contributed by atoms with van der Waals surface area (Å²) in [6.07, 6.45) is 2.14. The van der Waals surface area contributed by atoms with Crippen LogP contribution in [0.4, 0.5) is 0 Å². The smallest absolute Gasteiger partial charge is 0.306 e. The van der Waals surface area contributed by atoms with Crippen LogP contribution in [0.1, 0.15) is 26.2 Å². The molecule has 1 aliphatic rings. The zero-order chi connectivity index (χ0) is 12.8. The molecule has 1 aliphatic heterocycles. The maximum atomic E-state index is 11.8. The van der Waals surface area contributed by atoms with Gasteiger partial charge in [-0.3, -0.25) is 13.8 Å². The van der Waals surface area contributed by atoms with Crippen molar-refractivity contribution >= 4 is 22.7 Å². The highest BCUT2D eigenvalue weighted by atomic mass is 32.2.